The van der Waals surface area contributed by atoms with E-state index in [2.05, 4.69) is 21.5 Å². The predicted molar refractivity (Wildman–Crippen MR) is 78.3 cm³/mol. The summed E-state index contributed by atoms with van der Waals surface area (Å²) in [5, 5.41) is 21.1. The molecule has 1 aliphatic carbocycles. The molecule has 0 aromatic carbocycles. The molecule has 0 bridgehead atoms. The third-order valence-electron chi connectivity index (χ3n) is 4.49. The Labute approximate surface area is 122 Å². The molecule has 7 nitrogen and oxygen atoms in total. The van der Waals surface area contributed by atoms with Crippen molar-refractivity contribution >= 4 is 17.0 Å². The quantitative estimate of drug-likeness (QED) is 0.700. The molecule has 1 aliphatic rings. The van der Waals surface area contributed by atoms with Gasteiger partial charge in [-0.05, 0) is 20.3 Å². The Hall–Kier alpha value is -1.99. The van der Waals surface area contributed by atoms with Crippen molar-refractivity contribution in [1.29, 1.82) is 0 Å². The summed E-state index contributed by atoms with van der Waals surface area (Å²) in [5.74, 6) is 0.134. The van der Waals surface area contributed by atoms with Gasteiger partial charge in [0.25, 0.3) is 0 Å². The molecule has 112 valence electrons. The lowest BCUT2D eigenvalue weighted by molar-refractivity contribution is -0.0694. The van der Waals surface area contributed by atoms with Crippen LogP contribution in [0.3, 0.4) is 0 Å². The third-order valence-corrected chi connectivity index (χ3v) is 4.49. The Balaban J connectivity index is 2.10. The van der Waals surface area contributed by atoms with Gasteiger partial charge in [0.15, 0.2) is 11.5 Å². The fourth-order valence-corrected chi connectivity index (χ4v) is 3.18. The summed E-state index contributed by atoms with van der Waals surface area (Å²) in [7, 11) is 0. The van der Waals surface area contributed by atoms with Crippen LogP contribution in [0.2, 0.25) is 0 Å². The summed E-state index contributed by atoms with van der Waals surface area (Å²) in [6, 6.07) is -0.353. The summed E-state index contributed by atoms with van der Waals surface area (Å²) >= 11 is 0. The Morgan fingerprint density at radius 1 is 1.48 bits per heavy atom. The second kappa shape index (κ2) is 4.51. The first-order chi connectivity index (χ1) is 9.84. The molecular weight excluding hydrogens is 270 g/mol. The van der Waals surface area contributed by atoms with E-state index in [0.717, 1.165) is 5.57 Å². The topological polar surface area (TPSA) is 110 Å². The number of rotatable bonds is 2. The maximum absolute atomic E-state index is 10.7. The van der Waals surface area contributed by atoms with Crippen molar-refractivity contribution < 1.29 is 10.2 Å². The van der Waals surface area contributed by atoms with Gasteiger partial charge >= 0.3 is 0 Å². The molecule has 4 N–H and O–H groups in total. The van der Waals surface area contributed by atoms with Crippen LogP contribution in [-0.4, -0.2) is 41.4 Å². The Morgan fingerprint density at radius 3 is 2.81 bits per heavy atom. The highest BCUT2D eigenvalue weighted by Gasteiger charge is 2.52. The second-order valence-electron chi connectivity index (χ2n) is 5.96. The SMILES string of the molecule is C=C(C)[C@H]1C[C@@H](n2cnc3c(N)ncnc32)[C@](C)(O)[C@@H]1O. The monoisotopic (exact) mass is 289 g/mol. The molecule has 21 heavy (non-hydrogen) atoms. The number of hydrogen-bond acceptors (Lipinski definition) is 6. The first-order valence-electron chi connectivity index (χ1n) is 6.83. The Morgan fingerprint density at radius 2 is 2.19 bits per heavy atom. The maximum Gasteiger partial charge on any atom is 0.165 e. The highest BCUT2D eigenvalue weighted by Crippen LogP contribution is 2.46. The zero-order chi connectivity index (χ0) is 15.4. The van der Waals surface area contributed by atoms with Crippen LogP contribution < -0.4 is 5.73 Å². The number of fused-ring (bicyclic) bond motifs is 1. The molecular formula is C14H19N5O2. The lowest BCUT2D eigenvalue weighted by atomic mass is 9.93. The number of nitrogens with zero attached hydrogens (tertiary/aromatic N) is 4. The van der Waals surface area contributed by atoms with E-state index >= 15 is 0 Å². The van der Waals surface area contributed by atoms with Crippen LogP contribution >= 0.6 is 0 Å². The molecule has 1 fully saturated rings. The Bertz CT molecular complexity index is 708. The van der Waals surface area contributed by atoms with Crippen molar-refractivity contribution in [1.82, 2.24) is 19.5 Å². The third kappa shape index (κ3) is 1.92. The van der Waals surface area contributed by atoms with Crippen LogP contribution in [0.4, 0.5) is 5.82 Å². The molecule has 4 atom stereocenters. The molecule has 0 spiro atoms. The molecule has 7 heteroatoms. The molecule has 3 rings (SSSR count). The van der Waals surface area contributed by atoms with Crippen molar-refractivity contribution in [3.05, 3.63) is 24.8 Å². The fraction of sp³-hybridized carbons (Fsp3) is 0.500. The smallest absolute Gasteiger partial charge is 0.165 e. The number of aliphatic hydroxyl groups excluding tert-OH is 1. The minimum atomic E-state index is -1.29. The number of nitrogen functional groups attached to an aromatic ring is 1. The maximum atomic E-state index is 10.7. The zero-order valence-electron chi connectivity index (χ0n) is 12.1. The number of imidazole rings is 1. The standard InChI is InChI=1S/C14H19N5O2/c1-7(2)8-4-9(14(3,21)11(8)20)19-6-18-10-12(15)16-5-17-13(10)19/h5-6,8-9,11,20-21H,1,4H2,2-3H3,(H2,15,16,17)/t8-,9-,11-,14+/m1/s1. The minimum Gasteiger partial charge on any atom is -0.389 e. The van der Waals surface area contributed by atoms with E-state index in [4.69, 9.17) is 5.73 Å². The predicted octanol–water partition coefficient (Wildman–Crippen LogP) is 0.657. The van der Waals surface area contributed by atoms with E-state index in [1.165, 1.54) is 6.33 Å². The largest absolute Gasteiger partial charge is 0.389 e. The van der Waals surface area contributed by atoms with Gasteiger partial charge in [0, 0.05) is 5.92 Å². The second-order valence-corrected chi connectivity index (χ2v) is 5.96. The molecule has 2 aromatic heterocycles. The molecule has 2 aromatic rings. The van der Waals surface area contributed by atoms with Crippen molar-refractivity contribution in [2.24, 2.45) is 5.92 Å². The average Bonchev–Trinajstić information content (AvgIpc) is 2.92. The summed E-state index contributed by atoms with van der Waals surface area (Å²) < 4.78 is 1.76. The van der Waals surface area contributed by atoms with Gasteiger partial charge in [-0.25, -0.2) is 15.0 Å². The van der Waals surface area contributed by atoms with Gasteiger partial charge in [-0.2, -0.15) is 0 Å². The summed E-state index contributed by atoms with van der Waals surface area (Å²) in [4.78, 5) is 12.3. The zero-order valence-corrected chi connectivity index (χ0v) is 12.1. The van der Waals surface area contributed by atoms with Crippen LogP contribution in [0.25, 0.3) is 11.2 Å². The number of aliphatic hydroxyl groups is 2. The van der Waals surface area contributed by atoms with Crippen LogP contribution in [0.15, 0.2) is 24.8 Å². The van der Waals surface area contributed by atoms with Gasteiger partial charge in [0.05, 0.1) is 18.5 Å². The first-order valence-corrected chi connectivity index (χ1v) is 6.83. The van der Waals surface area contributed by atoms with Crippen LogP contribution in [0, 0.1) is 5.92 Å². The van der Waals surface area contributed by atoms with Crippen molar-refractivity contribution in [3.8, 4) is 0 Å². The first kappa shape index (κ1) is 14.0. The number of aromatic nitrogens is 4. The van der Waals surface area contributed by atoms with Gasteiger partial charge in [0.1, 0.15) is 17.4 Å². The molecule has 0 aliphatic heterocycles. The summed E-state index contributed by atoms with van der Waals surface area (Å²) in [5.41, 5.74) is 6.40. The highest BCUT2D eigenvalue weighted by molar-refractivity contribution is 5.81. The van der Waals surface area contributed by atoms with Crippen molar-refractivity contribution in [2.75, 3.05) is 5.73 Å². The lowest BCUT2D eigenvalue weighted by Gasteiger charge is -2.30. The van der Waals surface area contributed by atoms with Gasteiger partial charge in [-0.15, -0.1) is 0 Å². The number of nitrogens with two attached hydrogens (primary N) is 1. The minimum absolute atomic E-state index is 0.165. The molecule has 0 saturated heterocycles. The Kier molecular flexibility index (Phi) is 3.00. The van der Waals surface area contributed by atoms with E-state index in [1.807, 2.05) is 6.92 Å². The van der Waals surface area contributed by atoms with E-state index in [1.54, 1.807) is 17.8 Å². The van der Waals surface area contributed by atoms with Crippen LogP contribution in [0.5, 0.6) is 0 Å². The molecule has 0 unspecified atom stereocenters. The van der Waals surface area contributed by atoms with E-state index in [9.17, 15) is 10.2 Å². The van der Waals surface area contributed by atoms with Gasteiger partial charge in [-0.1, -0.05) is 12.2 Å². The highest BCUT2D eigenvalue weighted by atomic mass is 16.3. The summed E-state index contributed by atoms with van der Waals surface area (Å²) in [6.45, 7) is 7.39. The van der Waals surface area contributed by atoms with Gasteiger partial charge in [-0.3, -0.25) is 0 Å². The average molecular weight is 289 g/mol. The molecule has 0 radical (unpaired) electrons. The number of hydrogen-bond donors (Lipinski definition) is 3. The van der Waals surface area contributed by atoms with E-state index < -0.39 is 11.7 Å². The van der Waals surface area contributed by atoms with Crippen molar-refractivity contribution in [3.63, 3.8) is 0 Å². The van der Waals surface area contributed by atoms with Crippen LogP contribution in [-0.2, 0) is 0 Å². The van der Waals surface area contributed by atoms with Gasteiger partial charge < -0.3 is 20.5 Å². The van der Waals surface area contributed by atoms with Gasteiger partial charge in [0.2, 0.25) is 0 Å². The fourth-order valence-electron chi connectivity index (χ4n) is 3.18. The van der Waals surface area contributed by atoms with E-state index in [-0.39, 0.29) is 12.0 Å². The molecule has 2 heterocycles. The van der Waals surface area contributed by atoms with Crippen LogP contribution in [0.1, 0.15) is 26.3 Å². The molecule has 1 saturated carbocycles. The van der Waals surface area contributed by atoms with E-state index in [0.29, 0.717) is 23.4 Å². The normalized spacial score (nSPS) is 32.7. The lowest BCUT2D eigenvalue weighted by Crippen LogP contribution is -2.42. The molecule has 0 amide bonds. The van der Waals surface area contributed by atoms with Crippen molar-refractivity contribution in [2.45, 2.75) is 38.0 Å². The number of anilines is 1. The summed E-state index contributed by atoms with van der Waals surface area (Å²) in [6.07, 6.45) is 2.64.